The summed E-state index contributed by atoms with van der Waals surface area (Å²) in [5.41, 5.74) is 3.68. The third-order valence-corrected chi connectivity index (χ3v) is 4.22. The number of nitrogens with one attached hydrogen (secondary N) is 1. The summed E-state index contributed by atoms with van der Waals surface area (Å²) in [5, 5.41) is 3.39. The first-order valence-corrected chi connectivity index (χ1v) is 8.15. The number of para-hydroxylation sites is 1. The molecule has 1 atom stereocenters. The lowest BCUT2D eigenvalue weighted by Gasteiger charge is -2.30. The molecule has 0 saturated heterocycles. The Bertz CT molecular complexity index is 653. The second-order valence-corrected chi connectivity index (χ2v) is 6.03. The third kappa shape index (κ3) is 3.06. The predicted molar refractivity (Wildman–Crippen MR) is 91.9 cm³/mol. The van der Waals surface area contributed by atoms with Crippen LogP contribution in [0.15, 0.2) is 30.3 Å². The summed E-state index contributed by atoms with van der Waals surface area (Å²) >= 11 is 0. The lowest BCUT2D eigenvalue weighted by atomic mass is 10.0. The van der Waals surface area contributed by atoms with E-state index in [1.165, 1.54) is 11.3 Å². The van der Waals surface area contributed by atoms with Crippen molar-refractivity contribution in [3.05, 3.63) is 41.6 Å². The van der Waals surface area contributed by atoms with Crippen LogP contribution < -0.4 is 10.2 Å². The second kappa shape index (κ2) is 6.34. The van der Waals surface area contributed by atoms with Crippen molar-refractivity contribution in [3.63, 3.8) is 0 Å². The van der Waals surface area contributed by atoms with Gasteiger partial charge in [-0.3, -0.25) is 0 Å². The molecule has 1 aliphatic heterocycles. The van der Waals surface area contributed by atoms with Crippen LogP contribution in [-0.2, 0) is 6.42 Å². The molecule has 2 heterocycles. The van der Waals surface area contributed by atoms with Crippen molar-refractivity contribution < 1.29 is 0 Å². The van der Waals surface area contributed by atoms with Crippen LogP contribution in [-0.4, -0.2) is 22.6 Å². The molecular weight excluding hydrogens is 272 g/mol. The van der Waals surface area contributed by atoms with Crippen LogP contribution in [0.4, 0.5) is 17.5 Å². The van der Waals surface area contributed by atoms with Crippen molar-refractivity contribution in [2.75, 3.05) is 16.8 Å². The number of aromatic nitrogens is 2. The Morgan fingerprint density at radius 3 is 2.91 bits per heavy atom. The highest BCUT2D eigenvalue weighted by atomic mass is 15.2. The Hall–Kier alpha value is -2.10. The smallest absolute Gasteiger partial charge is 0.225 e. The summed E-state index contributed by atoms with van der Waals surface area (Å²) in [6, 6.07) is 11.1. The number of anilines is 3. The highest BCUT2D eigenvalue weighted by Gasteiger charge is 2.19. The SMILES string of the molecule is CCC(C)Nc1nc(C)cc(N2CCCc3ccccc32)n1. The first-order chi connectivity index (χ1) is 10.7. The molecule has 0 aliphatic carbocycles. The average molecular weight is 296 g/mol. The van der Waals surface area contributed by atoms with Crippen LogP contribution in [0.1, 0.15) is 37.9 Å². The molecule has 0 amide bonds. The highest BCUT2D eigenvalue weighted by molar-refractivity contribution is 5.66. The summed E-state index contributed by atoms with van der Waals surface area (Å²) in [6.45, 7) is 7.36. The van der Waals surface area contributed by atoms with E-state index in [0.29, 0.717) is 6.04 Å². The zero-order valence-electron chi connectivity index (χ0n) is 13.6. The normalized spacial score (nSPS) is 15.3. The number of nitrogens with zero attached hydrogens (tertiary/aromatic N) is 3. The minimum atomic E-state index is 0.378. The van der Waals surface area contributed by atoms with Gasteiger partial charge in [0.15, 0.2) is 0 Å². The van der Waals surface area contributed by atoms with Gasteiger partial charge in [0, 0.05) is 30.0 Å². The quantitative estimate of drug-likeness (QED) is 0.923. The van der Waals surface area contributed by atoms with E-state index in [2.05, 4.69) is 59.4 Å². The zero-order chi connectivity index (χ0) is 15.5. The summed E-state index contributed by atoms with van der Waals surface area (Å²) in [5.74, 6) is 1.72. The predicted octanol–water partition coefficient (Wildman–Crippen LogP) is 4.08. The molecule has 0 radical (unpaired) electrons. The Labute approximate surface area is 132 Å². The average Bonchev–Trinajstić information content (AvgIpc) is 2.53. The maximum absolute atomic E-state index is 4.75. The summed E-state index contributed by atoms with van der Waals surface area (Å²) in [7, 11) is 0. The molecule has 22 heavy (non-hydrogen) atoms. The van der Waals surface area contributed by atoms with Crippen molar-refractivity contribution in [2.45, 2.75) is 46.1 Å². The van der Waals surface area contributed by atoms with Crippen LogP contribution in [0, 0.1) is 6.92 Å². The van der Waals surface area contributed by atoms with Gasteiger partial charge in [-0.05, 0) is 44.7 Å². The van der Waals surface area contributed by atoms with Gasteiger partial charge in [-0.25, -0.2) is 4.98 Å². The molecule has 1 unspecified atom stereocenters. The summed E-state index contributed by atoms with van der Waals surface area (Å²) in [6.07, 6.45) is 3.36. The third-order valence-electron chi connectivity index (χ3n) is 4.22. The minimum Gasteiger partial charge on any atom is -0.352 e. The van der Waals surface area contributed by atoms with E-state index in [-0.39, 0.29) is 0 Å². The van der Waals surface area contributed by atoms with Crippen LogP contribution in [0.3, 0.4) is 0 Å². The van der Waals surface area contributed by atoms with Gasteiger partial charge in [0.25, 0.3) is 0 Å². The minimum absolute atomic E-state index is 0.378. The Morgan fingerprint density at radius 2 is 2.09 bits per heavy atom. The van der Waals surface area contributed by atoms with Gasteiger partial charge in [-0.2, -0.15) is 4.98 Å². The molecular formula is C18H24N4. The Morgan fingerprint density at radius 1 is 1.27 bits per heavy atom. The Balaban J connectivity index is 1.95. The summed E-state index contributed by atoms with van der Waals surface area (Å²) < 4.78 is 0. The molecule has 1 aromatic carbocycles. The number of hydrogen-bond donors (Lipinski definition) is 1. The van der Waals surface area contributed by atoms with Gasteiger partial charge in [0.05, 0.1) is 0 Å². The maximum atomic E-state index is 4.75. The van der Waals surface area contributed by atoms with E-state index in [1.54, 1.807) is 0 Å². The van der Waals surface area contributed by atoms with Gasteiger partial charge < -0.3 is 10.2 Å². The maximum Gasteiger partial charge on any atom is 0.225 e. The highest BCUT2D eigenvalue weighted by Crippen LogP contribution is 2.32. The fourth-order valence-corrected chi connectivity index (χ4v) is 2.85. The number of aryl methyl sites for hydroxylation is 2. The van der Waals surface area contributed by atoms with Crippen LogP contribution in [0.5, 0.6) is 0 Å². The molecule has 1 N–H and O–H groups in total. The van der Waals surface area contributed by atoms with Gasteiger partial charge in [-0.1, -0.05) is 25.1 Å². The fourth-order valence-electron chi connectivity index (χ4n) is 2.85. The molecule has 0 bridgehead atoms. The second-order valence-electron chi connectivity index (χ2n) is 6.03. The van der Waals surface area contributed by atoms with Crippen LogP contribution >= 0.6 is 0 Å². The molecule has 0 spiro atoms. The molecule has 4 nitrogen and oxygen atoms in total. The van der Waals surface area contributed by atoms with E-state index in [0.717, 1.165) is 43.3 Å². The largest absolute Gasteiger partial charge is 0.352 e. The molecule has 0 saturated carbocycles. The summed E-state index contributed by atoms with van der Waals surface area (Å²) in [4.78, 5) is 11.6. The van der Waals surface area contributed by atoms with E-state index in [4.69, 9.17) is 4.98 Å². The van der Waals surface area contributed by atoms with Gasteiger partial charge in [0.2, 0.25) is 5.95 Å². The molecule has 2 aromatic rings. The van der Waals surface area contributed by atoms with Gasteiger partial charge in [-0.15, -0.1) is 0 Å². The number of rotatable bonds is 4. The number of benzene rings is 1. The van der Waals surface area contributed by atoms with Crippen molar-refractivity contribution >= 4 is 17.5 Å². The Kier molecular flexibility index (Phi) is 4.27. The van der Waals surface area contributed by atoms with Crippen LogP contribution in [0.2, 0.25) is 0 Å². The lowest BCUT2D eigenvalue weighted by molar-refractivity contribution is 0.742. The lowest BCUT2D eigenvalue weighted by Crippen LogP contribution is -2.26. The number of fused-ring (bicyclic) bond motifs is 1. The number of hydrogen-bond acceptors (Lipinski definition) is 4. The van der Waals surface area contributed by atoms with E-state index in [1.807, 2.05) is 6.92 Å². The van der Waals surface area contributed by atoms with Crippen molar-refractivity contribution in [1.29, 1.82) is 0 Å². The molecule has 4 heteroatoms. The monoisotopic (exact) mass is 296 g/mol. The molecule has 0 fully saturated rings. The molecule has 3 rings (SSSR count). The topological polar surface area (TPSA) is 41.1 Å². The zero-order valence-corrected chi connectivity index (χ0v) is 13.6. The fraction of sp³-hybridized carbons (Fsp3) is 0.444. The first-order valence-electron chi connectivity index (χ1n) is 8.15. The van der Waals surface area contributed by atoms with Crippen molar-refractivity contribution in [3.8, 4) is 0 Å². The van der Waals surface area contributed by atoms with Crippen molar-refractivity contribution in [2.24, 2.45) is 0 Å². The van der Waals surface area contributed by atoms with E-state index >= 15 is 0 Å². The van der Waals surface area contributed by atoms with Gasteiger partial charge >= 0.3 is 0 Å². The standard InChI is InChI=1S/C18H24N4/c1-4-13(2)19-18-20-14(3)12-17(21-18)22-11-7-9-15-8-5-6-10-16(15)22/h5-6,8,10,12-13H,4,7,9,11H2,1-3H3,(H,19,20,21). The van der Waals surface area contributed by atoms with Crippen molar-refractivity contribution in [1.82, 2.24) is 9.97 Å². The van der Waals surface area contributed by atoms with E-state index < -0.39 is 0 Å². The van der Waals surface area contributed by atoms with E-state index in [9.17, 15) is 0 Å². The van der Waals surface area contributed by atoms with Gasteiger partial charge in [0.1, 0.15) is 5.82 Å². The molecule has 1 aliphatic rings. The molecule has 1 aromatic heterocycles. The van der Waals surface area contributed by atoms with Crippen LogP contribution in [0.25, 0.3) is 0 Å². The first kappa shape index (κ1) is 14.8. The molecule has 116 valence electrons.